The van der Waals surface area contributed by atoms with E-state index in [2.05, 4.69) is 20.2 Å². The smallest absolute Gasteiger partial charge is 0.270 e. The molecule has 0 saturated carbocycles. The molecule has 1 amide bonds. The molecular weight excluding hydrogens is 376 g/mol. The maximum atomic E-state index is 14.1. The van der Waals surface area contributed by atoms with Crippen LogP contribution in [0.25, 0.3) is 22.3 Å². The standard InChI is InChI=1S/C21H17F2N5O/c1-11-13(10-24-27-11)16-6-5-12-9-17(26-20(12)25-16)21(29)28-8-7-18(28)19-14(22)3-2-4-15(19)23/h2-6,9-10,18H,7-8H2,1H3,(H,24,27)(H,25,26)/t18-/m1/s1. The molecule has 1 aromatic carbocycles. The van der Waals surface area contributed by atoms with Gasteiger partial charge in [0.15, 0.2) is 0 Å². The number of aromatic nitrogens is 4. The zero-order valence-corrected chi connectivity index (χ0v) is 15.5. The largest absolute Gasteiger partial charge is 0.335 e. The molecule has 6 nitrogen and oxygen atoms in total. The van der Waals surface area contributed by atoms with Crippen molar-refractivity contribution in [2.24, 2.45) is 0 Å². The number of benzene rings is 1. The molecule has 3 aromatic heterocycles. The van der Waals surface area contributed by atoms with E-state index < -0.39 is 17.7 Å². The summed E-state index contributed by atoms with van der Waals surface area (Å²) < 4.78 is 28.3. The number of likely N-dealkylation sites (tertiary alicyclic amines) is 1. The predicted octanol–water partition coefficient (Wildman–Crippen LogP) is 4.13. The molecule has 146 valence electrons. The lowest BCUT2D eigenvalue weighted by Crippen LogP contribution is -2.46. The lowest BCUT2D eigenvalue weighted by molar-refractivity contribution is 0.0439. The van der Waals surface area contributed by atoms with Crippen LogP contribution in [0.5, 0.6) is 0 Å². The number of aryl methyl sites for hydroxylation is 1. The summed E-state index contributed by atoms with van der Waals surface area (Å²) in [6.07, 6.45) is 2.22. The highest BCUT2D eigenvalue weighted by atomic mass is 19.1. The minimum absolute atomic E-state index is 0.0564. The van der Waals surface area contributed by atoms with Gasteiger partial charge in [-0.2, -0.15) is 5.10 Å². The number of rotatable bonds is 3. The van der Waals surface area contributed by atoms with E-state index in [1.807, 2.05) is 19.1 Å². The minimum atomic E-state index is -0.633. The first-order valence-electron chi connectivity index (χ1n) is 9.28. The van der Waals surface area contributed by atoms with Gasteiger partial charge in [-0.15, -0.1) is 0 Å². The SMILES string of the molecule is Cc1[nH]ncc1-c1ccc2cc(C(=O)N3CC[C@@H]3c3c(F)cccc3F)[nH]c2n1. The van der Waals surface area contributed by atoms with Crippen LogP contribution in [0.4, 0.5) is 8.78 Å². The molecule has 0 unspecified atom stereocenters. The first kappa shape index (κ1) is 17.5. The number of aromatic amines is 2. The highest BCUT2D eigenvalue weighted by molar-refractivity contribution is 5.98. The van der Waals surface area contributed by atoms with Crippen molar-refractivity contribution in [3.63, 3.8) is 0 Å². The third-order valence-corrected chi connectivity index (χ3v) is 5.43. The van der Waals surface area contributed by atoms with Crippen LogP contribution in [0.2, 0.25) is 0 Å². The van der Waals surface area contributed by atoms with Gasteiger partial charge < -0.3 is 9.88 Å². The fourth-order valence-electron chi connectivity index (χ4n) is 3.79. The van der Waals surface area contributed by atoms with Crippen LogP contribution >= 0.6 is 0 Å². The van der Waals surface area contributed by atoms with Crippen LogP contribution < -0.4 is 0 Å². The zero-order chi connectivity index (χ0) is 20.1. The highest BCUT2D eigenvalue weighted by Gasteiger charge is 2.37. The number of hydrogen-bond acceptors (Lipinski definition) is 3. The van der Waals surface area contributed by atoms with E-state index in [1.165, 1.54) is 23.1 Å². The Morgan fingerprint density at radius 3 is 2.66 bits per heavy atom. The Morgan fingerprint density at radius 1 is 1.21 bits per heavy atom. The topological polar surface area (TPSA) is 77.7 Å². The molecule has 5 rings (SSSR count). The Kier molecular flexibility index (Phi) is 3.94. The third kappa shape index (κ3) is 2.79. The summed E-state index contributed by atoms with van der Waals surface area (Å²) in [7, 11) is 0. The summed E-state index contributed by atoms with van der Waals surface area (Å²) in [5, 5.41) is 7.67. The number of halogens is 2. The van der Waals surface area contributed by atoms with E-state index in [9.17, 15) is 13.6 Å². The average Bonchev–Trinajstić information content (AvgIpc) is 3.29. The van der Waals surface area contributed by atoms with E-state index >= 15 is 0 Å². The molecule has 1 fully saturated rings. The number of carbonyl (C=O) groups excluding carboxylic acids is 1. The van der Waals surface area contributed by atoms with Crippen LogP contribution in [0.1, 0.15) is 34.2 Å². The van der Waals surface area contributed by atoms with E-state index in [-0.39, 0.29) is 11.5 Å². The van der Waals surface area contributed by atoms with Crippen LogP contribution in [0.3, 0.4) is 0 Å². The number of pyridine rings is 1. The normalized spacial score (nSPS) is 16.2. The van der Waals surface area contributed by atoms with Gasteiger partial charge in [-0.3, -0.25) is 9.89 Å². The second-order valence-electron chi connectivity index (χ2n) is 7.16. The monoisotopic (exact) mass is 393 g/mol. The molecule has 29 heavy (non-hydrogen) atoms. The van der Waals surface area contributed by atoms with E-state index in [0.717, 1.165) is 22.3 Å². The maximum Gasteiger partial charge on any atom is 0.270 e. The number of amides is 1. The van der Waals surface area contributed by atoms with Crippen LogP contribution in [-0.2, 0) is 0 Å². The van der Waals surface area contributed by atoms with Crippen molar-refractivity contribution in [1.29, 1.82) is 0 Å². The minimum Gasteiger partial charge on any atom is -0.335 e. The van der Waals surface area contributed by atoms with Crippen LogP contribution in [0, 0.1) is 18.6 Å². The van der Waals surface area contributed by atoms with E-state index in [4.69, 9.17) is 0 Å². The van der Waals surface area contributed by atoms with Gasteiger partial charge in [0, 0.05) is 28.8 Å². The van der Waals surface area contributed by atoms with Crippen molar-refractivity contribution in [1.82, 2.24) is 25.1 Å². The van der Waals surface area contributed by atoms with E-state index in [1.54, 1.807) is 12.3 Å². The quantitative estimate of drug-likeness (QED) is 0.549. The summed E-state index contributed by atoms with van der Waals surface area (Å²) in [5.74, 6) is -1.57. The molecular formula is C21H17F2N5O. The molecule has 1 aliphatic heterocycles. The summed E-state index contributed by atoms with van der Waals surface area (Å²) in [6.45, 7) is 2.35. The number of fused-ring (bicyclic) bond motifs is 1. The second-order valence-corrected chi connectivity index (χ2v) is 7.16. The fraction of sp³-hybridized carbons (Fsp3) is 0.190. The molecule has 4 aromatic rings. The fourth-order valence-corrected chi connectivity index (χ4v) is 3.79. The van der Waals surface area contributed by atoms with Gasteiger partial charge in [-0.25, -0.2) is 13.8 Å². The molecule has 1 atom stereocenters. The molecule has 0 aliphatic carbocycles. The van der Waals surface area contributed by atoms with Crippen molar-refractivity contribution < 1.29 is 13.6 Å². The van der Waals surface area contributed by atoms with Crippen molar-refractivity contribution in [2.75, 3.05) is 6.54 Å². The van der Waals surface area contributed by atoms with Crippen molar-refractivity contribution in [3.8, 4) is 11.3 Å². The van der Waals surface area contributed by atoms with Gasteiger partial charge >= 0.3 is 0 Å². The Morgan fingerprint density at radius 2 is 2.00 bits per heavy atom. The zero-order valence-electron chi connectivity index (χ0n) is 15.5. The van der Waals surface area contributed by atoms with Gasteiger partial charge in [0.2, 0.25) is 0 Å². The van der Waals surface area contributed by atoms with Crippen molar-refractivity contribution in [2.45, 2.75) is 19.4 Å². The van der Waals surface area contributed by atoms with Crippen molar-refractivity contribution >= 4 is 16.9 Å². The number of nitrogens with zero attached hydrogens (tertiary/aromatic N) is 3. The van der Waals surface area contributed by atoms with Gasteiger partial charge in [0.1, 0.15) is 23.0 Å². The molecule has 0 spiro atoms. The van der Waals surface area contributed by atoms with Gasteiger partial charge in [0.05, 0.1) is 17.9 Å². The van der Waals surface area contributed by atoms with Crippen LogP contribution in [0.15, 0.2) is 42.6 Å². The number of hydrogen-bond donors (Lipinski definition) is 2. The van der Waals surface area contributed by atoms with Gasteiger partial charge in [-0.05, 0) is 43.7 Å². The molecule has 0 bridgehead atoms. The number of carbonyl (C=O) groups is 1. The number of nitrogens with one attached hydrogen (secondary N) is 2. The highest BCUT2D eigenvalue weighted by Crippen LogP contribution is 2.37. The molecule has 2 N–H and O–H groups in total. The lowest BCUT2D eigenvalue weighted by atomic mass is 9.93. The summed E-state index contributed by atoms with van der Waals surface area (Å²) in [6, 6.07) is 8.60. The van der Waals surface area contributed by atoms with Gasteiger partial charge in [-0.1, -0.05) is 6.07 Å². The maximum absolute atomic E-state index is 14.1. The molecule has 1 saturated heterocycles. The first-order chi connectivity index (χ1) is 14.0. The summed E-state index contributed by atoms with van der Waals surface area (Å²) in [4.78, 5) is 22.1. The molecule has 1 aliphatic rings. The number of H-pyrrole nitrogens is 2. The average molecular weight is 393 g/mol. The second kappa shape index (κ2) is 6.51. The Hall–Kier alpha value is -3.55. The van der Waals surface area contributed by atoms with E-state index in [0.29, 0.717) is 24.3 Å². The predicted molar refractivity (Wildman–Crippen MR) is 103 cm³/mol. The van der Waals surface area contributed by atoms with Gasteiger partial charge in [0.25, 0.3) is 5.91 Å². The lowest BCUT2D eigenvalue weighted by Gasteiger charge is -2.41. The Balaban J connectivity index is 1.46. The van der Waals surface area contributed by atoms with Crippen LogP contribution in [-0.4, -0.2) is 37.5 Å². The van der Waals surface area contributed by atoms with Crippen molar-refractivity contribution in [3.05, 3.63) is 71.2 Å². The first-order valence-corrected chi connectivity index (χ1v) is 9.28. The molecule has 8 heteroatoms. The third-order valence-electron chi connectivity index (χ3n) is 5.43. The molecule has 0 radical (unpaired) electrons. The molecule has 4 heterocycles. The summed E-state index contributed by atoms with van der Waals surface area (Å²) >= 11 is 0. The Labute approximate surface area is 164 Å². The summed E-state index contributed by atoms with van der Waals surface area (Å²) in [5.41, 5.74) is 3.37. The Bertz CT molecular complexity index is 1220.